The second-order valence-corrected chi connectivity index (χ2v) is 7.77. The van der Waals surface area contributed by atoms with Crippen molar-refractivity contribution in [2.75, 3.05) is 24.7 Å². The van der Waals surface area contributed by atoms with Gasteiger partial charge in [0, 0.05) is 35.9 Å². The van der Waals surface area contributed by atoms with Gasteiger partial charge in [0.15, 0.2) is 0 Å². The summed E-state index contributed by atoms with van der Waals surface area (Å²) in [6.07, 6.45) is 11.5. The first-order chi connectivity index (χ1) is 12.7. The number of nitrogens with zero attached hydrogens (tertiary/aromatic N) is 4. The van der Waals surface area contributed by atoms with Crippen LogP contribution in [0.25, 0.3) is 0 Å². The van der Waals surface area contributed by atoms with Crippen LogP contribution < -0.4 is 10.6 Å². The predicted octanol–water partition coefficient (Wildman–Crippen LogP) is 2.03. The van der Waals surface area contributed by atoms with Crippen LogP contribution in [0, 0.1) is 11.3 Å². The molecule has 1 amide bonds. The Bertz CT molecular complexity index is 638. The zero-order valence-electron chi connectivity index (χ0n) is 15.1. The molecule has 1 saturated heterocycles. The zero-order chi connectivity index (χ0) is 18.4. The molecule has 0 unspecified atom stereocenters. The minimum atomic E-state index is -0.235. The second kappa shape index (κ2) is 9.19. The molecule has 2 fully saturated rings. The van der Waals surface area contributed by atoms with Gasteiger partial charge in [0.2, 0.25) is 11.9 Å². The number of thioether (sulfide) groups is 1. The summed E-state index contributed by atoms with van der Waals surface area (Å²) in [4.78, 5) is 23.8. The first-order valence-corrected chi connectivity index (χ1v) is 10.5. The number of amides is 1. The lowest BCUT2D eigenvalue weighted by Gasteiger charge is -2.30. The second-order valence-electron chi connectivity index (χ2n) is 6.89. The Morgan fingerprint density at radius 3 is 2.62 bits per heavy atom. The molecular weight excluding hydrogens is 348 g/mol. The number of aromatic nitrogens is 2. The van der Waals surface area contributed by atoms with Gasteiger partial charge in [-0.3, -0.25) is 4.79 Å². The largest absolute Gasteiger partial charge is 0.351 e. The monoisotopic (exact) mass is 374 g/mol. The van der Waals surface area contributed by atoms with Gasteiger partial charge in [-0.15, -0.1) is 11.8 Å². The Hall–Kier alpha value is -1.85. The summed E-state index contributed by atoms with van der Waals surface area (Å²) < 4.78 is 0. The zero-order valence-corrected chi connectivity index (χ0v) is 16.0. The van der Waals surface area contributed by atoms with Crippen molar-refractivity contribution in [1.82, 2.24) is 20.2 Å². The van der Waals surface area contributed by atoms with Crippen molar-refractivity contribution in [3.05, 3.63) is 12.4 Å². The molecule has 7 nitrogen and oxygen atoms in total. The summed E-state index contributed by atoms with van der Waals surface area (Å²) in [6, 6.07) is 2.73. The van der Waals surface area contributed by atoms with E-state index < -0.39 is 0 Å². The molecule has 26 heavy (non-hydrogen) atoms. The van der Waals surface area contributed by atoms with Gasteiger partial charge < -0.3 is 15.5 Å². The summed E-state index contributed by atoms with van der Waals surface area (Å²) in [6.45, 7) is 1.05. The van der Waals surface area contributed by atoms with Crippen molar-refractivity contribution >= 4 is 23.6 Å². The Morgan fingerprint density at radius 1 is 1.27 bits per heavy atom. The van der Waals surface area contributed by atoms with E-state index >= 15 is 0 Å². The molecule has 1 aliphatic heterocycles. The van der Waals surface area contributed by atoms with E-state index in [9.17, 15) is 4.79 Å². The summed E-state index contributed by atoms with van der Waals surface area (Å²) in [7, 11) is 0. The van der Waals surface area contributed by atoms with Crippen molar-refractivity contribution in [3.63, 3.8) is 0 Å². The minimum Gasteiger partial charge on any atom is -0.351 e. The number of carbonyl (C=O) groups is 1. The third-order valence-electron chi connectivity index (χ3n) is 5.19. The molecule has 0 bridgehead atoms. The minimum absolute atomic E-state index is 0.0524. The van der Waals surface area contributed by atoms with Crippen LogP contribution in [0.5, 0.6) is 0 Å². The van der Waals surface area contributed by atoms with Crippen LogP contribution in [-0.4, -0.2) is 58.2 Å². The molecule has 1 saturated carbocycles. The average Bonchev–Trinajstić information content (AvgIpc) is 3.17. The van der Waals surface area contributed by atoms with Crippen LogP contribution in [-0.2, 0) is 4.79 Å². The number of likely N-dealkylation sites (tertiary alicyclic amines) is 1. The first kappa shape index (κ1) is 18.9. The van der Waals surface area contributed by atoms with E-state index in [1.54, 1.807) is 16.7 Å². The Balaban J connectivity index is 1.38. The normalized spacial score (nSPS) is 25.7. The van der Waals surface area contributed by atoms with Gasteiger partial charge >= 0.3 is 0 Å². The van der Waals surface area contributed by atoms with Gasteiger partial charge in [-0.25, -0.2) is 9.97 Å². The Labute approximate surface area is 159 Å². The van der Waals surface area contributed by atoms with Crippen molar-refractivity contribution < 1.29 is 4.79 Å². The molecule has 2 heterocycles. The van der Waals surface area contributed by atoms with E-state index in [2.05, 4.69) is 26.7 Å². The molecule has 2 N–H and O–H groups in total. The molecule has 0 spiro atoms. The molecule has 8 heteroatoms. The highest BCUT2D eigenvalue weighted by Gasteiger charge is 2.29. The van der Waals surface area contributed by atoms with E-state index in [0.29, 0.717) is 31.1 Å². The number of hydrogen-bond acceptors (Lipinski definition) is 7. The topological polar surface area (TPSA) is 93.9 Å². The maximum absolute atomic E-state index is 12.3. The first-order valence-electron chi connectivity index (χ1n) is 9.24. The number of nitrogens with one attached hydrogen (secondary N) is 2. The predicted molar refractivity (Wildman–Crippen MR) is 102 cm³/mol. The van der Waals surface area contributed by atoms with E-state index in [1.165, 1.54) is 0 Å². The van der Waals surface area contributed by atoms with Gasteiger partial charge in [-0.05, 0) is 44.8 Å². The number of carbonyl (C=O) groups excluding carboxylic acids is 1. The van der Waals surface area contributed by atoms with Crippen LogP contribution in [0.1, 0.15) is 38.5 Å². The van der Waals surface area contributed by atoms with Gasteiger partial charge in [0.05, 0.1) is 12.6 Å². The fourth-order valence-corrected chi connectivity index (χ4v) is 3.97. The van der Waals surface area contributed by atoms with Gasteiger partial charge in [-0.2, -0.15) is 5.26 Å². The number of rotatable bonds is 6. The number of anilines is 1. The van der Waals surface area contributed by atoms with E-state index in [4.69, 9.17) is 5.26 Å². The molecule has 2 aliphatic rings. The van der Waals surface area contributed by atoms with Crippen molar-refractivity contribution in [2.45, 2.75) is 61.5 Å². The quantitative estimate of drug-likeness (QED) is 0.736. The molecule has 1 atom stereocenters. The van der Waals surface area contributed by atoms with Crippen molar-refractivity contribution in [3.8, 4) is 6.07 Å². The summed E-state index contributed by atoms with van der Waals surface area (Å²) in [5.41, 5.74) is 0. The van der Waals surface area contributed by atoms with Crippen molar-refractivity contribution in [2.24, 2.45) is 0 Å². The molecule has 1 aromatic rings. The van der Waals surface area contributed by atoms with E-state index in [-0.39, 0.29) is 11.9 Å². The fourth-order valence-electron chi connectivity index (χ4n) is 3.65. The Morgan fingerprint density at radius 2 is 1.96 bits per heavy atom. The maximum atomic E-state index is 12.3. The Kier molecular flexibility index (Phi) is 6.69. The standard InChI is InChI=1S/C18H26N6OS/c1-26-16-10-21-18(22-11-16)23-14-6-4-13(5-7-14)20-12-17(25)24-8-2-3-15(24)9-19/h10-11,13-15,20H,2-8,12H2,1H3,(H,21,22,23)/t13?,14?,15-/m0/s1. The highest BCUT2D eigenvalue weighted by Crippen LogP contribution is 2.22. The van der Waals surface area contributed by atoms with E-state index in [1.807, 2.05) is 18.6 Å². The van der Waals surface area contributed by atoms with Gasteiger partial charge in [0.1, 0.15) is 6.04 Å². The third-order valence-corrected chi connectivity index (χ3v) is 5.87. The average molecular weight is 375 g/mol. The number of hydrogen-bond donors (Lipinski definition) is 2. The lowest BCUT2D eigenvalue weighted by Crippen LogP contribution is -2.45. The smallest absolute Gasteiger partial charge is 0.237 e. The van der Waals surface area contributed by atoms with Crippen LogP contribution in [0.4, 0.5) is 5.95 Å². The SMILES string of the molecule is CSc1cnc(NC2CCC(NCC(=O)N3CCC[C@H]3C#N)CC2)nc1. The lowest BCUT2D eigenvalue weighted by atomic mass is 9.91. The molecule has 1 aromatic heterocycles. The number of nitriles is 1. The summed E-state index contributed by atoms with van der Waals surface area (Å²) in [5, 5.41) is 15.9. The van der Waals surface area contributed by atoms with Crippen LogP contribution >= 0.6 is 11.8 Å². The molecule has 1 aliphatic carbocycles. The highest BCUT2D eigenvalue weighted by molar-refractivity contribution is 7.98. The summed E-state index contributed by atoms with van der Waals surface area (Å²) in [5.74, 6) is 0.738. The molecule has 0 aromatic carbocycles. The van der Waals surface area contributed by atoms with Crippen LogP contribution in [0.15, 0.2) is 17.3 Å². The molecule has 3 rings (SSSR count). The lowest BCUT2D eigenvalue weighted by molar-refractivity contribution is -0.130. The maximum Gasteiger partial charge on any atom is 0.237 e. The summed E-state index contributed by atoms with van der Waals surface area (Å²) >= 11 is 1.63. The fraction of sp³-hybridized carbons (Fsp3) is 0.667. The third kappa shape index (κ3) is 4.86. The van der Waals surface area contributed by atoms with Crippen LogP contribution in [0.3, 0.4) is 0 Å². The molecule has 0 radical (unpaired) electrons. The molecular formula is C18H26N6OS. The van der Waals surface area contributed by atoms with Gasteiger partial charge in [0.25, 0.3) is 0 Å². The van der Waals surface area contributed by atoms with E-state index in [0.717, 1.165) is 43.4 Å². The molecule has 140 valence electrons. The van der Waals surface area contributed by atoms with Crippen LogP contribution in [0.2, 0.25) is 0 Å². The highest BCUT2D eigenvalue weighted by atomic mass is 32.2. The van der Waals surface area contributed by atoms with Gasteiger partial charge in [-0.1, -0.05) is 0 Å². The van der Waals surface area contributed by atoms with Crippen molar-refractivity contribution in [1.29, 1.82) is 5.26 Å².